The van der Waals surface area contributed by atoms with Crippen LogP contribution in [-0.4, -0.2) is 103 Å². The maximum Gasteiger partial charge on any atom is 0.472 e. The van der Waals surface area contributed by atoms with Crippen LogP contribution in [-0.2, 0) is 37.4 Å². The van der Waals surface area contributed by atoms with Crippen LogP contribution >= 0.6 is 7.82 Å². The van der Waals surface area contributed by atoms with Gasteiger partial charge in [-0.25, -0.2) is 4.57 Å². The van der Waals surface area contributed by atoms with Crippen molar-refractivity contribution < 1.29 is 52.0 Å². The second-order valence-electron chi connectivity index (χ2n) is 18.9. The topological polar surface area (TPSA) is 141 Å². The van der Waals surface area contributed by atoms with Gasteiger partial charge in [0.05, 0.1) is 39.9 Å². The fraction of sp³-hybridized carbons (Fsp3) is 0.957. The Morgan fingerprint density at radius 3 is 1.51 bits per heavy atom. The molecule has 0 aromatic carbocycles. The van der Waals surface area contributed by atoms with Crippen molar-refractivity contribution in [3.05, 3.63) is 0 Å². The molecule has 1 fully saturated rings. The highest BCUT2D eigenvalue weighted by Crippen LogP contribution is 2.43. The smallest absolute Gasteiger partial charge is 0.462 e. The number of likely N-dealkylation sites (N-methyl/N-ethyl adjacent to an activating group) is 1. The van der Waals surface area contributed by atoms with Crippen LogP contribution in [0.5, 0.6) is 0 Å². The van der Waals surface area contributed by atoms with Crippen LogP contribution in [0.25, 0.3) is 0 Å². The molecule has 12 nitrogen and oxygen atoms in total. The fourth-order valence-corrected chi connectivity index (χ4v) is 8.32. The molecule has 0 saturated carbocycles. The van der Waals surface area contributed by atoms with E-state index in [0.29, 0.717) is 24.1 Å². The second-order valence-corrected chi connectivity index (χ2v) is 20.4. The molecule has 1 rings (SSSR count). The van der Waals surface area contributed by atoms with Gasteiger partial charge in [0.1, 0.15) is 25.5 Å². The van der Waals surface area contributed by atoms with Gasteiger partial charge in [-0.2, -0.15) is 5.06 Å². The molecule has 1 heterocycles. The highest BCUT2D eigenvalue weighted by atomic mass is 31.2. The Balaban J connectivity index is 2.44. The van der Waals surface area contributed by atoms with E-state index in [-0.39, 0.29) is 32.0 Å². The molecule has 3 unspecified atom stereocenters. The van der Waals surface area contributed by atoms with E-state index >= 15 is 0 Å². The van der Waals surface area contributed by atoms with E-state index in [9.17, 15) is 24.3 Å². The number of ether oxygens (including phenoxy) is 3. The summed E-state index contributed by atoms with van der Waals surface area (Å²) in [7, 11) is 1.42. The van der Waals surface area contributed by atoms with E-state index in [1.165, 1.54) is 95.0 Å². The minimum absolute atomic E-state index is 0.0156. The minimum Gasteiger partial charge on any atom is -0.462 e. The summed E-state index contributed by atoms with van der Waals surface area (Å²) in [6, 6.07) is 0. The molecule has 59 heavy (non-hydrogen) atoms. The number of esters is 2. The molecule has 1 aliphatic rings. The number of unbranched alkanes of at least 4 members (excludes halogenated alkanes) is 22. The van der Waals surface area contributed by atoms with Crippen molar-refractivity contribution >= 4 is 19.8 Å². The van der Waals surface area contributed by atoms with Crippen LogP contribution in [0.4, 0.5) is 0 Å². The zero-order chi connectivity index (χ0) is 43.9. The van der Waals surface area contributed by atoms with E-state index < -0.39 is 37.8 Å². The monoisotopic (exact) mass is 864 g/mol. The van der Waals surface area contributed by atoms with Crippen molar-refractivity contribution in [2.75, 3.05) is 54.1 Å². The lowest BCUT2D eigenvalue weighted by Gasteiger charge is -2.37. The first-order valence-electron chi connectivity index (χ1n) is 24.0. The van der Waals surface area contributed by atoms with Gasteiger partial charge in [0.2, 0.25) is 0 Å². The van der Waals surface area contributed by atoms with Gasteiger partial charge in [-0.15, -0.1) is 0 Å². The average Bonchev–Trinajstić information content (AvgIpc) is 3.40. The molecule has 0 bridgehead atoms. The molecule has 1 aliphatic heterocycles. The quantitative estimate of drug-likeness (QED) is 0.0263. The summed E-state index contributed by atoms with van der Waals surface area (Å²) in [6.45, 7) is 8.88. The van der Waals surface area contributed by atoms with E-state index in [0.717, 1.165) is 77.0 Å². The number of carbonyl (C=O) groups excluding carboxylic acids is 2. The first-order valence-corrected chi connectivity index (χ1v) is 25.5. The molecular formula is C46H92N2O10P+. The molecule has 0 aromatic rings. The molecule has 0 aromatic heterocycles. The summed E-state index contributed by atoms with van der Waals surface area (Å²) in [5.41, 5.74) is -1.01. The number of carbonyl (C=O) groups is 2. The fourth-order valence-electron chi connectivity index (χ4n) is 7.58. The van der Waals surface area contributed by atoms with Crippen molar-refractivity contribution in [2.24, 2.45) is 0 Å². The Labute approximate surface area is 361 Å². The number of phosphoric acid groups is 1. The molecule has 13 heteroatoms. The average molecular weight is 864 g/mol. The molecule has 0 aliphatic carbocycles. The lowest BCUT2D eigenvalue weighted by Crippen LogP contribution is -2.50. The number of nitrogens with zero attached hydrogens (tertiary/aromatic N) is 2. The maximum absolute atomic E-state index is 12.8. The normalized spacial score (nSPS) is 18.5. The lowest BCUT2D eigenvalue weighted by molar-refractivity contribution is -0.870. The van der Waals surface area contributed by atoms with Crippen LogP contribution in [0, 0.1) is 0 Å². The Kier molecular flexibility index (Phi) is 30.8. The third-order valence-corrected chi connectivity index (χ3v) is 12.4. The Hall–Kier alpha value is -1.11. The number of rotatable bonds is 40. The van der Waals surface area contributed by atoms with Gasteiger partial charge in [0, 0.05) is 12.8 Å². The molecular weight excluding hydrogens is 771 g/mol. The zero-order valence-electron chi connectivity index (χ0n) is 39.1. The van der Waals surface area contributed by atoms with Gasteiger partial charge in [-0.3, -0.25) is 18.6 Å². The van der Waals surface area contributed by atoms with E-state index in [4.69, 9.17) is 23.3 Å². The minimum atomic E-state index is -4.41. The SMILES string of the molecule is CCCCCCCCCCCCCCCC(=O)OCC(COP(=O)(O)OCC[N+](C)(C)C)OC(=O)CCCCCCCCC1(CCCCCCCC)OCC(C)(C)N1O. The molecule has 0 spiro atoms. The van der Waals surface area contributed by atoms with Gasteiger partial charge in [-0.05, 0) is 52.4 Å². The Bertz CT molecular complexity index is 1120. The van der Waals surface area contributed by atoms with E-state index in [1.54, 1.807) is 0 Å². The van der Waals surface area contributed by atoms with E-state index in [2.05, 4.69) is 13.8 Å². The molecule has 0 radical (unpaired) electrons. The summed E-state index contributed by atoms with van der Waals surface area (Å²) in [6.07, 6.45) is 29.5. The predicted molar refractivity (Wildman–Crippen MR) is 237 cm³/mol. The first kappa shape index (κ1) is 55.9. The summed E-state index contributed by atoms with van der Waals surface area (Å²) >= 11 is 0. The number of hydrogen-bond donors (Lipinski definition) is 2. The molecule has 3 atom stereocenters. The van der Waals surface area contributed by atoms with Crippen LogP contribution in [0.15, 0.2) is 0 Å². The number of phosphoric ester groups is 1. The highest BCUT2D eigenvalue weighted by molar-refractivity contribution is 7.47. The molecule has 1 saturated heterocycles. The summed E-state index contributed by atoms with van der Waals surface area (Å²) < 4.78 is 40.8. The van der Waals surface area contributed by atoms with Crippen LogP contribution in [0.2, 0.25) is 0 Å². The standard InChI is InChI=1S/C46H91N2O10P/c1-8-10-12-14-16-17-18-19-20-21-22-25-29-33-43(49)54-39-42(40-57-59(52,53)56-38-37-48(5,6)7)58-44(50)34-30-26-23-24-28-32-36-46(35-31-27-15-13-11-9-2)47(51)45(3,4)41-55-46/h42,51H,8-41H2,1-7H3/p+1. The van der Waals surface area contributed by atoms with Gasteiger partial charge in [0.15, 0.2) is 6.10 Å². The first-order chi connectivity index (χ1) is 28.1. The third-order valence-electron chi connectivity index (χ3n) is 11.4. The van der Waals surface area contributed by atoms with Gasteiger partial charge < -0.3 is 28.8 Å². The van der Waals surface area contributed by atoms with Gasteiger partial charge in [0.25, 0.3) is 0 Å². The second kappa shape index (κ2) is 32.5. The van der Waals surface area contributed by atoms with Crippen molar-refractivity contribution in [3.8, 4) is 0 Å². The molecule has 2 N–H and O–H groups in total. The Morgan fingerprint density at radius 2 is 1.08 bits per heavy atom. The Morgan fingerprint density at radius 1 is 0.661 bits per heavy atom. The summed E-state index contributed by atoms with van der Waals surface area (Å²) in [5, 5.41) is 12.6. The number of hydrogen-bond acceptors (Lipinski definition) is 10. The maximum atomic E-state index is 12.8. The van der Waals surface area contributed by atoms with Crippen molar-refractivity contribution in [3.63, 3.8) is 0 Å². The molecule has 0 amide bonds. The van der Waals surface area contributed by atoms with Crippen molar-refractivity contribution in [2.45, 2.75) is 231 Å². The van der Waals surface area contributed by atoms with Crippen molar-refractivity contribution in [1.82, 2.24) is 5.06 Å². The summed E-state index contributed by atoms with van der Waals surface area (Å²) in [5.74, 6) is -0.853. The van der Waals surface area contributed by atoms with Crippen LogP contribution in [0.1, 0.15) is 214 Å². The molecule has 350 valence electrons. The van der Waals surface area contributed by atoms with Crippen LogP contribution < -0.4 is 0 Å². The summed E-state index contributed by atoms with van der Waals surface area (Å²) in [4.78, 5) is 35.7. The zero-order valence-corrected chi connectivity index (χ0v) is 40.0. The number of quaternary nitrogens is 1. The van der Waals surface area contributed by atoms with Gasteiger partial charge >= 0.3 is 19.8 Å². The lowest BCUT2D eigenvalue weighted by atomic mass is 9.95. The highest BCUT2D eigenvalue weighted by Gasteiger charge is 2.50. The van der Waals surface area contributed by atoms with Crippen LogP contribution in [0.3, 0.4) is 0 Å². The van der Waals surface area contributed by atoms with Crippen molar-refractivity contribution in [1.29, 1.82) is 0 Å². The predicted octanol–water partition coefficient (Wildman–Crippen LogP) is 11.8. The van der Waals surface area contributed by atoms with E-state index in [1.807, 2.05) is 35.0 Å². The van der Waals surface area contributed by atoms with Gasteiger partial charge in [-0.1, -0.05) is 149 Å². The third kappa shape index (κ3) is 29.0. The number of hydroxylamine groups is 2. The largest absolute Gasteiger partial charge is 0.472 e.